The Labute approximate surface area is 313 Å². The van der Waals surface area contributed by atoms with Crippen LogP contribution in [0.4, 0.5) is 0 Å². The van der Waals surface area contributed by atoms with Crippen LogP contribution < -0.4 is 0 Å². The Hall–Kier alpha value is -1.66. The second-order valence-corrected chi connectivity index (χ2v) is 17.3. The number of hydrogen-bond donors (Lipinski definition) is 5. The van der Waals surface area contributed by atoms with Gasteiger partial charge >= 0.3 is 5.97 Å². The first kappa shape index (κ1) is 44.7. The maximum Gasteiger partial charge on any atom is 0.330 e. The molecule has 14 unspecified atom stereocenters. The second kappa shape index (κ2) is 20.3. The van der Waals surface area contributed by atoms with Crippen LogP contribution in [0.5, 0.6) is 0 Å². The molecule has 3 heterocycles. The molecule has 2 saturated heterocycles. The van der Waals surface area contributed by atoms with Crippen molar-refractivity contribution in [3.05, 3.63) is 24.3 Å². The van der Waals surface area contributed by atoms with E-state index in [1.165, 1.54) is 6.08 Å². The lowest BCUT2D eigenvalue weighted by molar-refractivity contribution is -0.346. The molecule has 0 aromatic heterocycles. The largest absolute Gasteiger partial charge is 0.459 e. The highest BCUT2D eigenvalue weighted by atomic mass is 16.7. The molecule has 0 radical (unpaired) electrons. The zero-order valence-electron chi connectivity index (χ0n) is 33.3. The van der Waals surface area contributed by atoms with Crippen molar-refractivity contribution in [2.75, 3.05) is 0 Å². The maximum atomic E-state index is 14.0. The van der Waals surface area contributed by atoms with E-state index in [1.54, 1.807) is 26.8 Å². The van der Waals surface area contributed by atoms with Gasteiger partial charge in [-0.1, -0.05) is 79.5 Å². The van der Waals surface area contributed by atoms with E-state index in [0.717, 1.165) is 25.7 Å². The van der Waals surface area contributed by atoms with E-state index in [0.29, 0.717) is 50.9 Å². The summed E-state index contributed by atoms with van der Waals surface area (Å²) in [5, 5.41) is 54.3. The molecule has 2 bridgehead atoms. The van der Waals surface area contributed by atoms with E-state index in [1.807, 2.05) is 19.9 Å². The Kier molecular flexibility index (Phi) is 17.5. The van der Waals surface area contributed by atoms with E-state index >= 15 is 0 Å². The molecule has 10 nitrogen and oxygen atoms in total. The molecule has 14 atom stereocenters. The normalized spacial score (nSPS) is 43.0. The first-order valence-corrected chi connectivity index (χ1v) is 20.3. The van der Waals surface area contributed by atoms with Crippen LogP contribution in [0.1, 0.15) is 139 Å². The molecule has 0 amide bonds. The summed E-state index contributed by atoms with van der Waals surface area (Å²) in [6.07, 6.45) is 8.83. The number of aliphatic hydroxyl groups excluding tert-OH is 4. The van der Waals surface area contributed by atoms with Crippen molar-refractivity contribution in [2.45, 2.75) is 193 Å². The van der Waals surface area contributed by atoms with E-state index in [4.69, 9.17) is 14.2 Å². The highest BCUT2D eigenvalue weighted by molar-refractivity contribution is 5.83. The van der Waals surface area contributed by atoms with Gasteiger partial charge < -0.3 is 39.7 Å². The molecule has 2 fully saturated rings. The summed E-state index contributed by atoms with van der Waals surface area (Å²) in [5.41, 5.74) is -1.40. The Morgan fingerprint density at radius 2 is 1.63 bits per heavy atom. The lowest BCUT2D eigenvalue weighted by Gasteiger charge is -2.51. The Morgan fingerprint density at radius 1 is 0.923 bits per heavy atom. The van der Waals surface area contributed by atoms with Crippen LogP contribution in [0.3, 0.4) is 0 Å². The molecule has 0 aromatic rings. The second-order valence-electron chi connectivity index (χ2n) is 17.3. The molecule has 300 valence electrons. The monoisotopic (exact) mass is 737 g/mol. The van der Waals surface area contributed by atoms with Crippen molar-refractivity contribution in [1.29, 1.82) is 0 Å². The van der Waals surface area contributed by atoms with Crippen molar-refractivity contribution in [3.8, 4) is 0 Å². The minimum absolute atomic E-state index is 0.0737. The lowest BCUT2D eigenvalue weighted by Crippen LogP contribution is -2.57. The van der Waals surface area contributed by atoms with Gasteiger partial charge in [-0.25, -0.2) is 4.79 Å². The van der Waals surface area contributed by atoms with Gasteiger partial charge in [0.25, 0.3) is 0 Å². The Balaban J connectivity index is 1.93. The molecular weight excluding hydrogens is 664 g/mol. The number of esters is 1. The fourth-order valence-corrected chi connectivity index (χ4v) is 8.04. The van der Waals surface area contributed by atoms with Crippen LogP contribution in [0.2, 0.25) is 0 Å². The van der Waals surface area contributed by atoms with Crippen LogP contribution in [0, 0.1) is 35.5 Å². The Morgan fingerprint density at radius 3 is 2.31 bits per heavy atom. The summed E-state index contributed by atoms with van der Waals surface area (Å²) < 4.78 is 19.6. The number of ketones is 1. The summed E-state index contributed by atoms with van der Waals surface area (Å²) >= 11 is 0. The number of ether oxygens (including phenoxy) is 3. The fraction of sp³-hybridized carbons (Fsp3) is 0.857. The fourth-order valence-electron chi connectivity index (χ4n) is 8.04. The number of Topliss-reactive ketones (excluding diaryl/α,β-unsaturated/α-hetero) is 1. The average Bonchev–Trinajstić information content (AvgIpc) is 3.08. The molecule has 0 aliphatic carbocycles. The predicted octanol–water partition coefficient (Wildman–Crippen LogP) is 6.19. The van der Waals surface area contributed by atoms with Gasteiger partial charge in [-0.3, -0.25) is 4.79 Å². The number of aliphatic hydroxyl groups is 5. The van der Waals surface area contributed by atoms with Crippen LogP contribution in [-0.4, -0.2) is 91.4 Å². The zero-order chi connectivity index (χ0) is 38.8. The standard InChI is InChI=1S/C42H72O10/c1-9-32(43)22-35-27(4)18-20-42(51-35)25-37-30(7)36(52-42)23-34(45)31(21-26(2)3)15-13-11-10-12-14-19-41(8,49)38(46)24-33(44)29(6)40(48)28(5)16-17-39(47)50-37/h13,15-17,26-33,35-38,40,43-44,46,48-49H,9-12,14,18-25H2,1-8H3/b15-13+,17-16+. The van der Waals surface area contributed by atoms with Gasteiger partial charge in [-0.05, 0) is 63.7 Å². The van der Waals surface area contributed by atoms with Gasteiger partial charge in [0.15, 0.2) is 5.79 Å². The zero-order valence-corrected chi connectivity index (χ0v) is 33.3. The smallest absolute Gasteiger partial charge is 0.330 e. The molecule has 52 heavy (non-hydrogen) atoms. The molecule has 10 heteroatoms. The van der Waals surface area contributed by atoms with E-state index in [2.05, 4.69) is 26.8 Å². The molecule has 3 aliphatic rings. The molecule has 0 aromatic carbocycles. The number of allylic oxidation sites excluding steroid dienone is 2. The first-order chi connectivity index (χ1) is 24.4. The highest BCUT2D eigenvalue weighted by Crippen LogP contribution is 2.45. The number of fused-ring (bicyclic) bond motifs is 2. The highest BCUT2D eigenvalue weighted by Gasteiger charge is 2.52. The molecule has 5 N–H and O–H groups in total. The van der Waals surface area contributed by atoms with Crippen molar-refractivity contribution in [1.82, 2.24) is 0 Å². The van der Waals surface area contributed by atoms with Crippen molar-refractivity contribution in [3.63, 3.8) is 0 Å². The summed E-state index contributed by atoms with van der Waals surface area (Å²) in [6.45, 7) is 15.2. The van der Waals surface area contributed by atoms with Crippen molar-refractivity contribution in [2.24, 2.45) is 35.5 Å². The average molecular weight is 737 g/mol. The minimum Gasteiger partial charge on any atom is -0.459 e. The topological polar surface area (TPSA) is 163 Å². The third-order valence-electron chi connectivity index (χ3n) is 12.1. The maximum absolute atomic E-state index is 14.0. The minimum atomic E-state index is -1.40. The van der Waals surface area contributed by atoms with E-state index in [9.17, 15) is 35.1 Å². The summed E-state index contributed by atoms with van der Waals surface area (Å²) in [7, 11) is 0. The number of hydrogen-bond acceptors (Lipinski definition) is 10. The summed E-state index contributed by atoms with van der Waals surface area (Å²) in [5.74, 6) is -2.83. The Bertz CT molecular complexity index is 1170. The van der Waals surface area contributed by atoms with Crippen LogP contribution in [-0.2, 0) is 23.8 Å². The van der Waals surface area contributed by atoms with E-state index in [-0.39, 0.29) is 42.5 Å². The van der Waals surface area contributed by atoms with Gasteiger partial charge in [0.1, 0.15) is 11.9 Å². The number of carbonyl (C=O) groups excluding carboxylic acids is 2. The van der Waals surface area contributed by atoms with Gasteiger partial charge in [0.05, 0.1) is 42.2 Å². The van der Waals surface area contributed by atoms with Crippen LogP contribution in [0.15, 0.2) is 24.3 Å². The van der Waals surface area contributed by atoms with Gasteiger partial charge in [0, 0.05) is 55.4 Å². The van der Waals surface area contributed by atoms with Crippen LogP contribution in [0.25, 0.3) is 0 Å². The van der Waals surface area contributed by atoms with E-state index < -0.39 is 65.8 Å². The molecule has 3 rings (SSSR count). The van der Waals surface area contributed by atoms with Crippen molar-refractivity contribution >= 4 is 11.8 Å². The molecule has 1 spiro atoms. The first-order valence-electron chi connectivity index (χ1n) is 20.3. The SMILES string of the molecule is CCC(O)CC1OC2(CCC1C)CC1OC(=O)/C=C/C(C)C(O)C(C)C(O)CC(O)C(C)(O)CCCCC/C=C/C(CC(C)C)C(=O)CC(O2)C1C. The number of rotatable bonds is 5. The molecule has 0 saturated carbocycles. The van der Waals surface area contributed by atoms with Crippen LogP contribution >= 0.6 is 0 Å². The molecular formula is C42H72O10. The lowest BCUT2D eigenvalue weighted by atomic mass is 9.79. The third kappa shape index (κ3) is 13.0. The van der Waals surface area contributed by atoms with Gasteiger partial charge in [0.2, 0.25) is 0 Å². The van der Waals surface area contributed by atoms with Crippen molar-refractivity contribution < 1.29 is 49.3 Å². The summed E-state index contributed by atoms with van der Waals surface area (Å²) in [4.78, 5) is 27.4. The predicted molar refractivity (Wildman–Crippen MR) is 201 cm³/mol. The summed E-state index contributed by atoms with van der Waals surface area (Å²) in [6, 6.07) is 0. The number of carbonyl (C=O) groups is 2. The third-order valence-corrected chi connectivity index (χ3v) is 12.1. The molecule has 3 aliphatic heterocycles. The quantitative estimate of drug-likeness (QED) is 0.163. The van der Waals surface area contributed by atoms with Gasteiger partial charge in [-0.2, -0.15) is 0 Å². The van der Waals surface area contributed by atoms with Gasteiger partial charge in [-0.15, -0.1) is 0 Å².